The van der Waals surface area contributed by atoms with Crippen molar-refractivity contribution >= 4 is 0 Å². The van der Waals surface area contributed by atoms with Crippen molar-refractivity contribution in [2.45, 2.75) is 84.2 Å². The number of methoxy groups -OCH3 is 1. The zero-order valence-electron chi connectivity index (χ0n) is 19.1. The van der Waals surface area contributed by atoms with E-state index in [0.717, 1.165) is 38.7 Å². The molecule has 172 valence electrons. The first-order chi connectivity index (χ1) is 14.6. The minimum absolute atomic E-state index is 0.0737. The Morgan fingerprint density at radius 3 is 2.20 bits per heavy atom. The molecule has 0 spiro atoms. The Bertz CT molecular complexity index is 583. The average Bonchev–Trinajstić information content (AvgIpc) is 2.81. The molecule has 1 saturated heterocycles. The second-order valence-electron chi connectivity index (χ2n) is 8.45. The quantitative estimate of drug-likeness (QED) is 0.378. The second-order valence-corrected chi connectivity index (χ2v) is 8.45. The van der Waals surface area contributed by atoms with Crippen LogP contribution in [-0.4, -0.2) is 26.4 Å². The molecule has 2 unspecified atom stereocenters. The number of ether oxygens (including phenoxy) is 3. The third kappa shape index (κ3) is 6.83. The Balaban J connectivity index is 0.00000155. The Morgan fingerprint density at radius 2 is 1.60 bits per heavy atom. The van der Waals surface area contributed by atoms with Crippen LogP contribution in [0.5, 0.6) is 0 Å². The molecule has 3 rings (SSSR count). The van der Waals surface area contributed by atoms with Gasteiger partial charge in [0.1, 0.15) is 11.5 Å². The predicted octanol–water partition coefficient (Wildman–Crippen LogP) is 7.40. The van der Waals surface area contributed by atoms with Gasteiger partial charge in [-0.2, -0.15) is 8.78 Å². The Labute approximate surface area is 181 Å². The summed E-state index contributed by atoms with van der Waals surface area (Å²) >= 11 is 0. The van der Waals surface area contributed by atoms with Gasteiger partial charge in [0.2, 0.25) is 0 Å². The molecule has 0 radical (unpaired) electrons. The normalized spacial score (nSPS) is 29.8. The van der Waals surface area contributed by atoms with Gasteiger partial charge in [-0.15, -0.1) is 6.58 Å². The average molecular weight is 427 g/mol. The molecule has 5 heteroatoms. The van der Waals surface area contributed by atoms with Crippen molar-refractivity contribution in [3.05, 3.63) is 35.8 Å². The second kappa shape index (κ2) is 13.1. The molecule has 2 atom stereocenters. The summed E-state index contributed by atoms with van der Waals surface area (Å²) in [5.74, 6) is 0.145. The standard InChI is InChI=1S/C23H34F2O3.C2H6/c1-3-4-5-16-8-11-19(27-14-16)18-9-6-17(7-10-18)15-28-21-13-12-20(26-2)22(24)23(21)25;1-2/h3,16-19H,1,4-15H2,2H3;1-2H3. The van der Waals surface area contributed by atoms with E-state index in [2.05, 4.69) is 6.58 Å². The number of halogens is 2. The molecule has 2 fully saturated rings. The van der Waals surface area contributed by atoms with Crippen molar-refractivity contribution in [1.82, 2.24) is 0 Å². The van der Waals surface area contributed by atoms with Gasteiger partial charge in [-0.1, -0.05) is 19.9 Å². The lowest BCUT2D eigenvalue weighted by molar-refractivity contribution is -0.0610. The van der Waals surface area contributed by atoms with Gasteiger partial charge >= 0.3 is 0 Å². The van der Waals surface area contributed by atoms with E-state index in [0.29, 0.717) is 43.3 Å². The van der Waals surface area contributed by atoms with Crippen LogP contribution in [0.4, 0.5) is 8.78 Å². The van der Waals surface area contributed by atoms with E-state index in [-0.39, 0.29) is 11.5 Å². The van der Waals surface area contributed by atoms with Gasteiger partial charge in [0.05, 0.1) is 19.8 Å². The van der Waals surface area contributed by atoms with Crippen molar-refractivity contribution in [2.24, 2.45) is 17.8 Å². The lowest BCUT2D eigenvalue weighted by Gasteiger charge is -2.37. The molecule has 0 bridgehead atoms. The molecular formula is C25H40F2O3. The molecule has 0 aromatic heterocycles. The Kier molecular flexibility index (Phi) is 10.9. The highest BCUT2D eigenvalue weighted by atomic mass is 19.2. The van der Waals surface area contributed by atoms with E-state index >= 15 is 0 Å². The van der Waals surface area contributed by atoms with Crippen LogP contribution in [0.2, 0.25) is 0 Å². The van der Waals surface area contributed by atoms with Gasteiger partial charge < -0.3 is 14.2 Å². The van der Waals surface area contributed by atoms with Gasteiger partial charge in [0.15, 0.2) is 11.7 Å². The van der Waals surface area contributed by atoms with Crippen LogP contribution >= 0.6 is 0 Å². The van der Waals surface area contributed by atoms with Gasteiger partial charge in [0.25, 0.3) is 0 Å². The van der Waals surface area contributed by atoms with Crippen molar-refractivity contribution in [3.63, 3.8) is 0 Å². The van der Waals surface area contributed by atoms with E-state index in [1.807, 2.05) is 19.9 Å². The van der Waals surface area contributed by atoms with Crippen LogP contribution in [0.15, 0.2) is 35.8 Å². The molecule has 1 aliphatic heterocycles. The first-order valence-corrected chi connectivity index (χ1v) is 11.8. The van der Waals surface area contributed by atoms with E-state index in [9.17, 15) is 8.78 Å². The number of rotatable bonds is 8. The van der Waals surface area contributed by atoms with E-state index < -0.39 is 11.7 Å². The van der Waals surface area contributed by atoms with Gasteiger partial charge in [-0.05, 0) is 69.1 Å². The minimum atomic E-state index is -0.909. The molecule has 1 saturated carbocycles. The molecule has 0 aromatic carbocycles. The fraction of sp³-hybridized carbons (Fsp3) is 0.760. The van der Waals surface area contributed by atoms with Crippen LogP contribution in [-0.2, 0) is 14.2 Å². The summed E-state index contributed by atoms with van der Waals surface area (Å²) in [4.78, 5) is 0. The lowest BCUT2D eigenvalue weighted by atomic mass is 9.77. The monoisotopic (exact) mass is 426 g/mol. The molecule has 1 heterocycles. The largest absolute Gasteiger partial charge is 0.498 e. The van der Waals surface area contributed by atoms with Crippen LogP contribution in [0, 0.1) is 17.8 Å². The summed E-state index contributed by atoms with van der Waals surface area (Å²) in [5.41, 5.74) is 0. The molecule has 3 aliphatic rings. The molecule has 3 nitrogen and oxygen atoms in total. The first kappa shape index (κ1) is 24.9. The summed E-state index contributed by atoms with van der Waals surface area (Å²) in [7, 11) is 1.37. The number of hydrogen-bond donors (Lipinski definition) is 0. The van der Waals surface area contributed by atoms with Crippen LogP contribution in [0.25, 0.3) is 0 Å². The van der Waals surface area contributed by atoms with Crippen LogP contribution in [0.3, 0.4) is 0 Å². The maximum Gasteiger partial charge on any atom is 0.199 e. The molecule has 30 heavy (non-hydrogen) atoms. The Hall–Kier alpha value is -1.36. The number of allylic oxidation sites excluding steroid dienone is 5. The molecular weight excluding hydrogens is 386 g/mol. The molecule has 0 amide bonds. The fourth-order valence-electron chi connectivity index (χ4n) is 4.74. The smallest absolute Gasteiger partial charge is 0.199 e. The fourth-order valence-corrected chi connectivity index (χ4v) is 4.74. The predicted molar refractivity (Wildman–Crippen MR) is 117 cm³/mol. The minimum Gasteiger partial charge on any atom is -0.498 e. The summed E-state index contributed by atoms with van der Waals surface area (Å²) < 4.78 is 44.6. The highest BCUT2D eigenvalue weighted by molar-refractivity contribution is 5.29. The van der Waals surface area contributed by atoms with E-state index in [4.69, 9.17) is 14.2 Å². The highest BCUT2D eigenvalue weighted by Gasteiger charge is 2.32. The zero-order valence-corrected chi connectivity index (χ0v) is 19.1. The topological polar surface area (TPSA) is 27.7 Å². The molecule has 2 aliphatic carbocycles. The summed E-state index contributed by atoms with van der Waals surface area (Å²) in [6.45, 7) is 9.16. The maximum atomic E-state index is 14.1. The first-order valence-electron chi connectivity index (χ1n) is 11.8. The van der Waals surface area contributed by atoms with Gasteiger partial charge in [-0.3, -0.25) is 0 Å². The van der Waals surface area contributed by atoms with Gasteiger partial charge in [0, 0.05) is 19.4 Å². The third-order valence-corrected chi connectivity index (χ3v) is 6.60. The highest BCUT2D eigenvalue weighted by Crippen LogP contribution is 2.38. The molecule has 0 aromatic rings. The van der Waals surface area contributed by atoms with Gasteiger partial charge in [-0.25, -0.2) is 0 Å². The van der Waals surface area contributed by atoms with E-state index in [1.165, 1.54) is 26.4 Å². The van der Waals surface area contributed by atoms with Crippen LogP contribution in [0.1, 0.15) is 78.1 Å². The lowest BCUT2D eigenvalue weighted by Crippen LogP contribution is -2.34. The number of hydrogen-bond acceptors (Lipinski definition) is 3. The summed E-state index contributed by atoms with van der Waals surface area (Å²) in [6, 6.07) is 0. The van der Waals surface area contributed by atoms with Crippen LogP contribution < -0.4 is 0 Å². The SMILES string of the molecule is C=CCCC1CCC(C2CCC(COC3=C(F)C(F)=C(OC)CC3)CC2)OC1.CC. The zero-order chi connectivity index (χ0) is 21.9. The summed E-state index contributed by atoms with van der Waals surface area (Å²) in [6.07, 6.45) is 12.2. The van der Waals surface area contributed by atoms with Crippen molar-refractivity contribution in [3.8, 4) is 0 Å². The Morgan fingerprint density at radius 1 is 0.967 bits per heavy atom. The maximum absolute atomic E-state index is 14.1. The molecule has 0 N–H and O–H groups in total. The van der Waals surface area contributed by atoms with Crippen molar-refractivity contribution < 1.29 is 23.0 Å². The summed E-state index contributed by atoms with van der Waals surface area (Å²) in [5, 5.41) is 0. The van der Waals surface area contributed by atoms with E-state index in [1.54, 1.807) is 0 Å². The van der Waals surface area contributed by atoms with Crippen molar-refractivity contribution in [2.75, 3.05) is 20.3 Å². The van der Waals surface area contributed by atoms with Crippen molar-refractivity contribution in [1.29, 1.82) is 0 Å². The third-order valence-electron chi connectivity index (χ3n) is 6.60.